The molecule has 0 radical (unpaired) electrons. The van der Waals surface area contributed by atoms with Crippen LogP contribution in [-0.2, 0) is 9.59 Å². The van der Waals surface area contributed by atoms with Crippen LogP contribution in [0.3, 0.4) is 0 Å². The Morgan fingerprint density at radius 2 is 1.89 bits per heavy atom. The number of ketones is 2. The molecule has 3 saturated carbocycles. The van der Waals surface area contributed by atoms with E-state index < -0.39 is 58.5 Å². The van der Waals surface area contributed by atoms with Crippen molar-refractivity contribution in [1.82, 2.24) is 0 Å². The van der Waals surface area contributed by atoms with Gasteiger partial charge in [0.15, 0.2) is 17.2 Å². The molecule has 0 spiro atoms. The maximum atomic E-state index is 16.8. The van der Waals surface area contributed by atoms with Gasteiger partial charge in [0.2, 0.25) is 0 Å². The minimum absolute atomic E-state index is 0.0242. The molecule has 0 unspecified atom stereocenters. The zero-order valence-electron chi connectivity index (χ0n) is 16.3. The molecule has 7 heteroatoms. The normalized spacial score (nSPS) is 53.1. The van der Waals surface area contributed by atoms with Gasteiger partial charge in [-0.3, -0.25) is 9.59 Å². The molecule has 4 aliphatic rings. The molecule has 6 nitrogen and oxygen atoms in total. The van der Waals surface area contributed by atoms with Crippen LogP contribution in [0, 0.1) is 22.7 Å². The molecule has 0 saturated heterocycles. The van der Waals surface area contributed by atoms with Gasteiger partial charge in [-0.15, -0.1) is 0 Å². The number of aliphatic hydroxyl groups is 4. The van der Waals surface area contributed by atoms with Crippen molar-refractivity contribution >= 4 is 11.6 Å². The second kappa shape index (κ2) is 5.94. The average molecular weight is 396 g/mol. The highest BCUT2D eigenvalue weighted by molar-refractivity contribution is 5.92. The van der Waals surface area contributed by atoms with Gasteiger partial charge in [-0.25, -0.2) is 4.39 Å². The van der Waals surface area contributed by atoms with Crippen molar-refractivity contribution in [3.63, 3.8) is 0 Å². The lowest BCUT2D eigenvalue weighted by molar-refractivity contribution is -0.230. The number of hydrogen-bond donors (Lipinski definition) is 4. The quantitative estimate of drug-likeness (QED) is 0.550. The second-order valence-electron chi connectivity index (χ2n) is 9.72. The van der Waals surface area contributed by atoms with Crippen molar-refractivity contribution in [3.05, 3.63) is 11.6 Å². The highest BCUT2D eigenvalue weighted by Crippen LogP contribution is 2.70. The van der Waals surface area contributed by atoms with Crippen LogP contribution in [0.4, 0.5) is 4.39 Å². The lowest BCUT2D eigenvalue weighted by Gasteiger charge is -2.63. The fourth-order valence-corrected chi connectivity index (χ4v) is 7.21. The summed E-state index contributed by atoms with van der Waals surface area (Å²) >= 11 is 0. The zero-order chi connectivity index (χ0) is 20.7. The van der Waals surface area contributed by atoms with Crippen LogP contribution < -0.4 is 0 Å². The number of rotatable bonds is 2. The Balaban J connectivity index is 1.83. The highest BCUT2D eigenvalue weighted by atomic mass is 19.1. The fraction of sp³-hybridized carbons (Fsp3) is 0.810. The largest absolute Gasteiger partial charge is 0.390 e. The third-order valence-corrected chi connectivity index (χ3v) is 8.83. The molecule has 0 aromatic heterocycles. The van der Waals surface area contributed by atoms with Crippen LogP contribution >= 0.6 is 0 Å². The van der Waals surface area contributed by atoms with E-state index in [1.165, 1.54) is 6.08 Å². The molecule has 3 fully saturated rings. The number of allylic oxidation sites excluding steroid dienone is 1. The van der Waals surface area contributed by atoms with E-state index in [0.717, 1.165) is 5.57 Å². The van der Waals surface area contributed by atoms with Crippen LogP contribution in [0.1, 0.15) is 52.4 Å². The number of halogens is 1. The van der Waals surface area contributed by atoms with Crippen molar-refractivity contribution in [2.75, 3.05) is 6.61 Å². The molecule has 0 amide bonds. The van der Waals surface area contributed by atoms with Crippen LogP contribution in [0.5, 0.6) is 0 Å². The number of fused-ring (bicyclic) bond motifs is 5. The molecule has 0 aromatic carbocycles. The molecule has 4 aliphatic carbocycles. The van der Waals surface area contributed by atoms with Crippen molar-refractivity contribution < 1.29 is 34.4 Å². The number of carbonyl (C=O) groups is 2. The number of Topliss-reactive ketones (excluding diaryl/α,β-unsaturated/α-hetero) is 1. The van der Waals surface area contributed by atoms with Gasteiger partial charge in [-0.2, -0.15) is 0 Å². The molecule has 0 aliphatic heterocycles. The molecule has 0 bridgehead atoms. The molecular formula is C21H29FO6. The Labute approximate surface area is 163 Å². The van der Waals surface area contributed by atoms with Gasteiger partial charge in [0.25, 0.3) is 0 Å². The summed E-state index contributed by atoms with van der Waals surface area (Å²) < 4.78 is 16.8. The van der Waals surface area contributed by atoms with E-state index in [1.807, 2.05) is 0 Å². The van der Waals surface area contributed by atoms with Gasteiger partial charge in [-0.05, 0) is 44.1 Å². The number of aliphatic hydroxyl groups excluding tert-OH is 3. The summed E-state index contributed by atoms with van der Waals surface area (Å²) in [4.78, 5) is 24.3. The molecule has 4 N–H and O–H groups in total. The summed E-state index contributed by atoms with van der Waals surface area (Å²) in [7, 11) is 0. The first kappa shape index (κ1) is 20.1. The Bertz CT molecular complexity index is 766. The summed E-state index contributed by atoms with van der Waals surface area (Å²) in [5, 5.41) is 42.2. The van der Waals surface area contributed by atoms with E-state index in [0.29, 0.717) is 19.3 Å². The standard InChI is InChI=1S/C21H29FO6/c1-18-6-5-12(24)7-11(18)3-4-13-14-8-15(25)21(28,17(27)10-23)19(14,2)9-16(26)20(13,18)22/h7,13-16,23,25-26,28H,3-6,8-10H2,1-2H3/t13-,14-,15-,16+,18+,19+,20+,21+/m1/s1. The first-order valence-electron chi connectivity index (χ1n) is 10.1. The lowest BCUT2D eigenvalue weighted by Crippen LogP contribution is -2.70. The summed E-state index contributed by atoms with van der Waals surface area (Å²) in [5.41, 5.74) is -5.72. The monoisotopic (exact) mass is 396 g/mol. The Kier molecular flexibility index (Phi) is 4.27. The summed E-state index contributed by atoms with van der Waals surface area (Å²) in [6.45, 7) is 2.45. The molecular weight excluding hydrogens is 367 g/mol. The van der Waals surface area contributed by atoms with E-state index in [9.17, 15) is 30.0 Å². The first-order valence-corrected chi connectivity index (χ1v) is 10.1. The SMILES string of the molecule is C[C@]12CCC(=O)C=C1CC[C@@H]1[C@H]3C[C@@H](O)[C@](O)(C(=O)CO)[C@@]3(C)C[C@H](O)[C@@]12F. The van der Waals surface area contributed by atoms with E-state index >= 15 is 4.39 Å². The van der Waals surface area contributed by atoms with Crippen LogP contribution in [0.25, 0.3) is 0 Å². The minimum Gasteiger partial charge on any atom is -0.390 e. The van der Waals surface area contributed by atoms with Crippen molar-refractivity contribution in [3.8, 4) is 0 Å². The predicted molar refractivity (Wildman–Crippen MR) is 96.9 cm³/mol. The van der Waals surface area contributed by atoms with Crippen molar-refractivity contribution in [2.45, 2.75) is 75.9 Å². The van der Waals surface area contributed by atoms with Gasteiger partial charge in [0, 0.05) is 23.2 Å². The predicted octanol–water partition coefficient (Wildman–Crippen LogP) is 0.844. The zero-order valence-corrected chi connectivity index (χ0v) is 16.3. The van der Waals surface area contributed by atoms with E-state index in [2.05, 4.69) is 0 Å². The third kappa shape index (κ3) is 2.06. The smallest absolute Gasteiger partial charge is 0.192 e. The Morgan fingerprint density at radius 1 is 1.21 bits per heavy atom. The Morgan fingerprint density at radius 3 is 2.54 bits per heavy atom. The third-order valence-electron chi connectivity index (χ3n) is 8.83. The van der Waals surface area contributed by atoms with E-state index in [-0.39, 0.29) is 25.0 Å². The van der Waals surface area contributed by atoms with Crippen molar-refractivity contribution in [1.29, 1.82) is 0 Å². The highest BCUT2D eigenvalue weighted by Gasteiger charge is 2.76. The molecule has 156 valence electrons. The van der Waals surface area contributed by atoms with Crippen LogP contribution in [-0.4, -0.2) is 62.1 Å². The van der Waals surface area contributed by atoms with Gasteiger partial charge < -0.3 is 20.4 Å². The molecule has 0 heterocycles. The van der Waals surface area contributed by atoms with Gasteiger partial charge in [-0.1, -0.05) is 19.4 Å². The van der Waals surface area contributed by atoms with Gasteiger partial charge in [0.1, 0.15) is 12.3 Å². The summed E-state index contributed by atoms with van der Waals surface area (Å²) in [5.74, 6) is -2.10. The molecule has 4 rings (SSSR count). The fourth-order valence-electron chi connectivity index (χ4n) is 7.21. The second-order valence-corrected chi connectivity index (χ2v) is 9.72. The number of alkyl halides is 1. The first-order chi connectivity index (χ1) is 13.0. The maximum Gasteiger partial charge on any atom is 0.192 e. The Hall–Kier alpha value is -1.15. The van der Waals surface area contributed by atoms with E-state index in [4.69, 9.17) is 0 Å². The molecule has 28 heavy (non-hydrogen) atoms. The topological polar surface area (TPSA) is 115 Å². The average Bonchev–Trinajstić information content (AvgIpc) is 2.84. The summed E-state index contributed by atoms with van der Waals surface area (Å²) in [6.07, 6.45) is -0.0824. The number of hydrogen-bond acceptors (Lipinski definition) is 6. The molecule has 8 atom stereocenters. The van der Waals surface area contributed by atoms with E-state index in [1.54, 1.807) is 13.8 Å². The lowest BCUT2D eigenvalue weighted by atomic mass is 9.44. The minimum atomic E-state index is -2.21. The van der Waals surface area contributed by atoms with Crippen LogP contribution in [0.2, 0.25) is 0 Å². The van der Waals surface area contributed by atoms with Gasteiger partial charge >= 0.3 is 0 Å². The maximum absolute atomic E-state index is 16.8. The van der Waals surface area contributed by atoms with Crippen LogP contribution in [0.15, 0.2) is 11.6 Å². The van der Waals surface area contributed by atoms with Gasteiger partial charge in [0.05, 0.1) is 12.2 Å². The number of carbonyl (C=O) groups excluding carboxylic acids is 2. The van der Waals surface area contributed by atoms with Crippen molar-refractivity contribution in [2.24, 2.45) is 22.7 Å². The summed E-state index contributed by atoms with van der Waals surface area (Å²) in [6, 6.07) is 0. The molecule has 0 aromatic rings.